The highest BCUT2D eigenvalue weighted by molar-refractivity contribution is 6.13. The fourth-order valence-electron chi connectivity index (χ4n) is 3.13. The van der Waals surface area contributed by atoms with Gasteiger partial charge in [-0.1, -0.05) is 11.6 Å². The normalized spacial score (nSPS) is 10.8. The molecule has 0 bridgehead atoms. The molecule has 4 rings (SSSR count). The van der Waals surface area contributed by atoms with Crippen molar-refractivity contribution in [3.05, 3.63) is 72.1 Å². The third-order valence-corrected chi connectivity index (χ3v) is 4.61. The van der Waals surface area contributed by atoms with Crippen LogP contribution in [0.25, 0.3) is 22.4 Å². The lowest BCUT2D eigenvalue weighted by atomic mass is 10.0. The first-order chi connectivity index (χ1) is 13.5. The topological polar surface area (TPSA) is 69.0 Å². The number of ether oxygens (including phenoxy) is 1. The van der Waals surface area contributed by atoms with Gasteiger partial charge in [-0.05, 0) is 49.4 Å². The van der Waals surface area contributed by atoms with E-state index in [2.05, 4.69) is 10.3 Å². The number of nitrogens with one attached hydrogen (secondary N) is 1. The van der Waals surface area contributed by atoms with E-state index in [9.17, 15) is 4.79 Å². The summed E-state index contributed by atoms with van der Waals surface area (Å²) in [5.74, 6) is 1.25. The van der Waals surface area contributed by atoms with Gasteiger partial charge in [0, 0.05) is 30.5 Å². The number of fused-ring (bicyclic) bond motifs is 1. The van der Waals surface area contributed by atoms with Crippen LogP contribution in [0.1, 0.15) is 15.9 Å². The van der Waals surface area contributed by atoms with Crippen LogP contribution in [-0.2, 0) is 7.05 Å². The zero-order chi connectivity index (χ0) is 19.7. The van der Waals surface area contributed by atoms with Crippen LogP contribution >= 0.6 is 0 Å². The maximum atomic E-state index is 13.1. The molecule has 0 saturated heterocycles. The van der Waals surface area contributed by atoms with Crippen LogP contribution in [0.4, 0.5) is 5.69 Å². The second-order valence-corrected chi connectivity index (χ2v) is 6.62. The molecule has 0 aliphatic heterocycles. The number of pyridine rings is 1. The van der Waals surface area contributed by atoms with Gasteiger partial charge < -0.3 is 14.6 Å². The minimum atomic E-state index is -0.196. The molecule has 0 radical (unpaired) electrons. The van der Waals surface area contributed by atoms with Crippen molar-refractivity contribution in [2.45, 2.75) is 6.92 Å². The Balaban J connectivity index is 1.80. The molecular formula is C22H20N4O2. The first kappa shape index (κ1) is 17.7. The molecule has 0 saturated carbocycles. The standard InChI is InChI=1S/C22H20N4O2/c1-14-4-9-19-17(12-14)18(13-20(25-19)21-23-10-11-26(21)2)22(27)24-15-5-7-16(28-3)8-6-15/h4-13H,1-3H3,(H,24,27). The van der Waals surface area contributed by atoms with Gasteiger partial charge in [-0.3, -0.25) is 4.79 Å². The Morgan fingerprint density at radius 2 is 1.89 bits per heavy atom. The van der Waals surface area contributed by atoms with E-state index in [0.717, 1.165) is 22.2 Å². The number of nitrogens with zero attached hydrogens (tertiary/aromatic N) is 3. The molecule has 140 valence electrons. The third-order valence-electron chi connectivity index (χ3n) is 4.61. The van der Waals surface area contributed by atoms with E-state index >= 15 is 0 Å². The predicted molar refractivity (Wildman–Crippen MR) is 110 cm³/mol. The number of anilines is 1. The van der Waals surface area contributed by atoms with Crippen molar-refractivity contribution < 1.29 is 9.53 Å². The highest BCUT2D eigenvalue weighted by Gasteiger charge is 2.16. The number of amides is 1. The smallest absolute Gasteiger partial charge is 0.256 e. The summed E-state index contributed by atoms with van der Waals surface area (Å²) in [7, 11) is 3.51. The van der Waals surface area contributed by atoms with Crippen LogP contribution in [0.5, 0.6) is 5.75 Å². The SMILES string of the molecule is COc1ccc(NC(=O)c2cc(-c3nccn3C)nc3ccc(C)cc23)cc1. The van der Waals surface area contributed by atoms with Crippen molar-refractivity contribution in [2.75, 3.05) is 12.4 Å². The van der Waals surface area contributed by atoms with E-state index in [0.29, 0.717) is 22.8 Å². The fourth-order valence-corrected chi connectivity index (χ4v) is 3.13. The largest absolute Gasteiger partial charge is 0.497 e. The van der Waals surface area contributed by atoms with Crippen LogP contribution in [0, 0.1) is 6.92 Å². The predicted octanol–water partition coefficient (Wildman–Crippen LogP) is 4.20. The number of carbonyl (C=O) groups excluding carboxylic acids is 1. The van der Waals surface area contributed by atoms with Gasteiger partial charge in [0.2, 0.25) is 0 Å². The average Bonchev–Trinajstić information content (AvgIpc) is 3.13. The summed E-state index contributed by atoms with van der Waals surface area (Å²) in [6.45, 7) is 2.00. The number of aryl methyl sites for hydroxylation is 2. The van der Waals surface area contributed by atoms with Gasteiger partial charge in [0.05, 0.1) is 18.2 Å². The number of aromatic nitrogens is 3. The van der Waals surface area contributed by atoms with E-state index in [-0.39, 0.29) is 5.91 Å². The molecule has 0 unspecified atom stereocenters. The van der Waals surface area contributed by atoms with Crippen molar-refractivity contribution in [1.82, 2.24) is 14.5 Å². The number of carbonyl (C=O) groups is 1. The molecule has 6 nitrogen and oxygen atoms in total. The number of benzene rings is 2. The van der Waals surface area contributed by atoms with Crippen LogP contribution in [0.2, 0.25) is 0 Å². The summed E-state index contributed by atoms with van der Waals surface area (Å²) in [5.41, 5.74) is 3.73. The van der Waals surface area contributed by atoms with Crippen LogP contribution < -0.4 is 10.1 Å². The van der Waals surface area contributed by atoms with E-state index < -0.39 is 0 Å². The third kappa shape index (κ3) is 3.32. The number of hydrogen-bond acceptors (Lipinski definition) is 4. The summed E-state index contributed by atoms with van der Waals surface area (Å²) < 4.78 is 7.05. The summed E-state index contributed by atoms with van der Waals surface area (Å²) in [5, 5.41) is 3.77. The lowest BCUT2D eigenvalue weighted by Gasteiger charge is -2.11. The van der Waals surface area contributed by atoms with E-state index in [1.54, 1.807) is 19.4 Å². The Morgan fingerprint density at radius 3 is 2.57 bits per heavy atom. The minimum Gasteiger partial charge on any atom is -0.497 e. The molecule has 0 spiro atoms. The van der Waals surface area contributed by atoms with Gasteiger partial charge in [0.15, 0.2) is 5.82 Å². The Hall–Kier alpha value is -3.67. The van der Waals surface area contributed by atoms with E-state index in [4.69, 9.17) is 9.72 Å². The molecule has 2 aromatic carbocycles. The van der Waals surface area contributed by atoms with E-state index in [1.807, 2.05) is 67.2 Å². The highest BCUT2D eigenvalue weighted by atomic mass is 16.5. The number of imidazole rings is 1. The maximum absolute atomic E-state index is 13.1. The van der Waals surface area contributed by atoms with Gasteiger partial charge >= 0.3 is 0 Å². The number of rotatable bonds is 4. The second kappa shape index (κ2) is 7.15. The minimum absolute atomic E-state index is 0.196. The molecule has 0 aliphatic carbocycles. The van der Waals surface area contributed by atoms with Crippen molar-refractivity contribution in [3.63, 3.8) is 0 Å². The molecule has 4 aromatic rings. The van der Waals surface area contributed by atoms with E-state index in [1.165, 1.54) is 0 Å². The first-order valence-corrected chi connectivity index (χ1v) is 8.89. The number of hydrogen-bond donors (Lipinski definition) is 1. The Morgan fingerprint density at radius 1 is 1.11 bits per heavy atom. The monoisotopic (exact) mass is 372 g/mol. The molecule has 1 amide bonds. The molecule has 0 atom stereocenters. The summed E-state index contributed by atoms with van der Waals surface area (Å²) in [6.07, 6.45) is 3.57. The van der Waals surface area contributed by atoms with Gasteiger partial charge in [-0.25, -0.2) is 9.97 Å². The average molecular weight is 372 g/mol. The molecular weight excluding hydrogens is 352 g/mol. The van der Waals surface area contributed by atoms with Gasteiger partial charge in [-0.2, -0.15) is 0 Å². The maximum Gasteiger partial charge on any atom is 0.256 e. The lowest BCUT2D eigenvalue weighted by molar-refractivity contribution is 0.102. The second-order valence-electron chi connectivity index (χ2n) is 6.62. The van der Waals surface area contributed by atoms with Gasteiger partial charge in [0.1, 0.15) is 11.4 Å². The molecule has 0 aliphatic rings. The summed E-state index contributed by atoms with van der Waals surface area (Å²) >= 11 is 0. The zero-order valence-electron chi connectivity index (χ0n) is 15.9. The molecule has 6 heteroatoms. The summed E-state index contributed by atoms with van der Waals surface area (Å²) in [4.78, 5) is 22.2. The van der Waals surface area contributed by atoms with Crippen LogP contribution in [0.3, 0.4) is 0 Å². The Kier molecular flexibility index (Phi) is 4.53. The van der Waals surface area contributed by atoms with Gasteiger partial charge in [0.25, 0.3) is 5.91 Å². The van der Waals surface area contributed by atoms with Crippen molar-refractivity contribution in [2.24, 2.45) is 7.05 Å². The first-order valence-electron chi connectivity index (χ1n) is 8.89. The Labute approximate surface area is 162 Å². The van der Waals surface area contributed by atoms with Crippen molar-refractivity contribution in [3.8, 4) is 17.3 Å². The van der Waals surface area contributed by atoms with Crippen molar-refractivity contribution in [1.29, 1.82) is 0 Å². The molecule has 28 heavy (non-hydrogen) atoms. The fraction of sp³-hybridized carbons (Fsp3) is 0.136. The summed E-state index contributed by atoms with van der Waals surface area (Å²) in [6, 6.07) is 14.9. The Bertz CT molecular complexity index is 1160. The molecule has 1 N–H and O–H groups in total. The van der Waals surface area contributed by atoms with Gasteiger partial charge in [-0.15, -0.1) is 0 Å². The molecule has 0 fully saturated rings. The number of methoxy groups -OCH3 is 1. The van der Waals surface area contributed by atoms with Crippen molar-refractivity contribution >= 4 is 22.5 Å². The van der Waals surface area contributed by atoms with Crippen LogP contribution in [0.15, 0.2) is 60.9 Å². The highest BCUT2D eigenvalue weighted by Crippen LogP contribution is 2.26. The molecule has 2 aromatic heterocycles. The zero-order valence-corrected chi connectivity index (χ0v) is 15.9. The lowest BCUT2D eigenvalue weighted by Crippen LogP contribution is -2.13. The van der Waals surface area contributed by atoms with Crippen LogP contribution in [-0.4, -0.2) is 27.6 Å². The quantitative estimate of drug-likeness (QED) is 0.583. The molecule has 2 heterocycles.